The van der Waals surface area contributed by atoms with Crippen molar-refractivity contribution in [3.63, 3.8) is 0 Å². The van der Waals surface area contributed by atoms with Crippen molar-refractivity contribution in [3.8, 4) is 6.07 Å². The molecule has 88 valence electrons. The van der Waals surface area contributed by atoms with E-state index in [0.717, 1.165) is 12.8 Å². The lowest BCUT2D eigenvalue weighted by Gasteiger charge is -2.28. The number of rotatable bonds is 1. The number of hydrogen-bond acceptors (Lipinski definition) is 4. The number of amides is 1. The first kappa shape index (κ1) is 11.8. The van der Waals surface area contributed by atoms with E-state index in [1.807, 2.05) is 0 Å². The monoisotopic (exact) mass is 250 g/mol. The van der Waals surface area contributed by atoms with Crippen LogP contribution in [0.15, 0.2) is 12.4 Å². The number of nitrogens with zero attached hydrogens (tertiary/aromatic N) is 4. The Kier molecular flexibility index (Phi) is 3.55. The highest BCUT2D eigenvalue weighted by Gasteiger charge is 2.24. The van der Waals surface area contributed by atoms with E-state index in [9.17, 15) is 4.79 Å². The van der Waals surface area contributed by atoms with Gasteiger partial charge in [0.25, 0.3) is 5.91 Å². The third-order valence-electron chi connectivity index (χ3n) is 2.79. The molecule has 0 radical (unpaired) electrons. The van der Waals surface area contributed by atoms with Gasteiger partial charge in [-0.2, -0.15) is 5.26 Å². The predicted octanol–water partition coefficient (Wildman–Crippen LogP) is 1.51. The molecule has 2 rings (SSSR count). The minimum absolute atomic E-state index is 0.0597. The summed E-state index contributed by atoms with van der Waals surface area (Å²) in [7, 11) is 0. The standard InChI is InChI=1S/C11H11ClN4O/c12-10-7-14-6-9(15-10)11(17)16-3-1-8(5-13)2-4-16/h6-8H,1-4H2. The summed E-state index contributed by atoms with van der Waals surface area (Å²) >= 11 is 5.69. The van der Waals surface area contributed by atoms with Crippen molar-refractivity contribution in [2.24, 2.45) is 5.92 Å². The molecule has 0 aliphatic carbocycles. The van der Waals surface area contributed by atoms with Crippen LogP contribution in [0.1, 0.15) is 23.3 Å². The third kappa shape index (κ3) is 2.71. The zero-order valence-electron chi connectivity index (χ0n) is 9.14. The maximum absolute atomic E-state index is 12.0. The molecule has 1 aromatic heterocycles. The number of carbonyl (C=O) groups excluding carboxylic acids is 1. The van der Waals surface area contributed by atoms with Crippen LogP contribution in [-0.2, 0) is 0 Å². The van der Waals surface area contributed by atoms with Crippen molar-refractivity contribution in [2.75, 3.05) is 13.1 Å². The van der Waals surface area contributed by atoms with Gasteiger partial charge < -0.3 is 4.90 Å². The third-order valence-corrected chi connectivity index (χ3v) is 2.97. The van der Waals surface area contributed by atoms with Crippen molar-refractivity contribution in [3.05, 3.63) is 23.2 Å². The average molecular weight is 251 g/mol. The summed E-state index contributed by atoms with van der Waals surface area (Å²) in [6.07, 6.45) is 4.23. The zero-order valence-corrected chi connectivity index (χ0v) is 9.89. The van der Waals surface area contributed by atoms with Gasteiger partial charge in [0.2, 0.25) is 0 Å². The van der Waals surface area contributed by atoms with Gasteiger partial charge in [0.1, 0.15) is 10.8 Å². The lowest BCUT2D eigenvalue weighted by atomic mass is 9.98. The van der Waals surface area contributed by atoms with E-state index in [0.29, 0.717) is 13.1 Å². The van der Waals surface area contributed by atoms with Crippen LogP contribution in [0, 0.1) is 17.2 Å². The summed E-state index contributed by atoms with van der Waals surface area (Å²) in [6.45, 7) is 1.18. The van der Waals surface area contributed by atoms with Gasteiger partial charge in [-0.3, -0.25) is 9.78 Å². The fraction of sp³-hybridized carbons (Fsp3) is 0.455. The maximum Gasteiger partial charge on any atom is 0.274 e. The van der Waals surface area contributed by atoms with Crippen molar-refractivity contribution in [1.29, 1.82) is 5.26 Å². The van der Waals surface area contributed by atoms with E-state index >= 15 is 0 Å². The van der Waals surface area contributed by atoms with E-state index in [2.05, 4.69) is 16.0 Å². The van der Waals surface area contributed by atoms with Gasteiger partial charge in [-0.25, -0.2) is 4.98 Å². The van der Waals surface area contributed by atoms with Crippen LogP contribution in [0.3, 0.4) is 0 Å². The highest BCUT2D eigenvalue weighted by atomic mass is 35.5. The number of hydrogen-bond donors (Lipinski definition) is 0. The summed E-state index contributed by atoms with van der Waals surface area (Å²) in [4.78, 5) is 21.5. The molecule has 0 aromatic carbocycles. The van der Waals surface area contributed by atoms with Crippen molar-refractivity contribution >= 4 is 17.5 Å². The summed E-state index contributed by atoms with van der Waals surface area (Å²) < 4.78 is 0. The van der Waals surface area contributed by atoms with Crippen LogP contribution >= 0.6 is 11.6 Å². The zero-order chi connectivity index (χ0) is 12.3. The van der Waals surface area contributed by atoms with Crippen molar-refractivity contribution in [2.45, 2.75) is 12.8 Å². The largest absolute Gasteiger partial charge is 0.337 e. The number of nitriles is 1. The molecule has 1 aliphatic rings. The molecular weight excluding hydrogens is 240 g/mol. The highest BCUT2D eigenvalue weighted by Crippen LogP contribution is 2.17. The van der Waals surface area contributed by atoms with Gasteiger partial charge in [0.05, 0.1) is 18.5 Å². The van der Waals surface area contributed by atoms with E-state index in [1.54, 1.807) is 4.90 Å². The molecule has 0 unspecified atom stereocenters. The molecule has 1 saturated heterocycles. The molecule has 6 heteroatoms. The molecule has 0 N–H and O–H groups in total. The molecule has 5 nitrogen and oxygen atoms in total. The van der Waals surface area contributed by atoms with E-state index in [-0.39, 0.29) is 22.7 Å². The molecule has 2 heterocycles. The van der Waals surface area contributed by atoms with Crippen LogP contribution in [-0.4, -0.2) is 33.9 Å². The molecule has 1 fully saturated rings. The quantitative estimate of drug-likeness (QED) is 0.757. The molecular formula is C11H11ClN4O. The minimum atomic E-state index is -0.170. The Labute approximate surface area is 104 Å². The minimum Gasteiger partial charge on any atom is -0.337 e. The Morgan fingerprint density at radius 1 is 1.47 bits per heavy atom. The molecule has 17 heavy (non-hydrogen) atoms. The van der Waals surface area contributed by atoms with Crippen molar-refractivity contribution < 1.29 is 4.79 Å². The molecule has 0 saturated carbocycles. The number of halogens is 1. The SMILES string of the molecule is N#CC1CCN(C(=O)c2cncc(Cl)n2)CC1. The molecule has 1 aromatic rings. The lowest BCUT2D eigenvalue weighted by molar-refractivity contribution is 0.0701. The van der Waals surface area contributed by atoms with E-state index in [1.165, 1.54) is 12.4 Å². The normalized spacial score (nSPS) is 16.6. The van der Waals surface area contributed by atoms with E-state index < -0.39 is 0 Å². The van der Waals surface area contributed by atoms with Crippen LogP contribution in [0.4, 0.5) is 0 Å². The first-order valence-electron chi connectivity index (χ1n) is 5.37. The maximum atomic E-state index is 12.0. The van der Waals surface area contributed by atoms with Crippen LogP contribution in [0.5, 0.6) is 0 Å². The van der Waals surface area contributed by atoms with Crippen LogP contribution in [0.25, 0.3) is 0 Å². The highest BCUT2D eigenvalue weighted by molar-refractivity contribution is 6.29. The average Bonchev–Trinajstić information content (AvgIpc) is 2.38. The Morgan fingerprint density at radius 3 is 2.76 bits per heavy atom. The summed E-state index contributed by atoms with van der Waals surface area (Å²) in [6, 6.07) is 2.23. The first-order chi connectivity index (χ1) is 8.20. The predicted molar refractivity (Wildman–Crippen MR) is 61.3 cm³/mol. The summed E-state index contributed by atoms with van der Waals surface area (Å²) in [5, 5.41) is 8.99. The van der Waals surface area contributed by atoms with Crippen LogP contribution in [0.2, 0.25) is 5.15 Å². The fourth-order valence-corrected chi connectivity index (χ4v) is 1.97. The Morgan fingerprint density at radius 2 is 2.18 bits per heavy atom. The number of aromatic nitrogens is 2. The lowest BCUT2D eigenvalue weighted by Crippen LogP contribution is -2.38. The van der Waals surface area contributed by atoms with Gasteiger partial charge in [-0.1, -0.05) is 11.6 Å². The number of likely N-dealkylation sites (tertiary alicyclic amines) is 1. The molecule has 0 spiro atoms. The summed E-state index contributed by atoms with van der Waals surface area (Å²) in [5.41, 5.74) is 0.257. The van der Waals surface area contributed by atoms with Gasteiger partial charge >= 0.3 is 0 Å². The van der Waals surface area contributed by atoms with Crippen molar-refractivity contribution in [1.82, 2.24) is 14.9 Å². The first-order valence-corrected chi connectivity index (χ1v) is 5.75. The van der Waals surface area contributed by atoms with Gasteiger partial charge in [-0.05, 0) is 12.8 Å². The topological polar surface area (TPSA) is 69.9 Å². The second-order valence-electron chi connectivity index (χ2n) is 3.92. The Balaban J connectivity index is 2.05. The van der Waals surface area contributed by atoms with E-state index in [4.69, 9.17) is 16.9 Å². The second-order valence-corrected chi connectivity index (χ2v) is 4.31. The number of carbonyl (C=O) groups is 1. The second kappa shape index (κ2) is 5.11. The Bertz CT molecular complexity index is 463. The van der Waals surface area contributed by atoms with Gasteiger partial charge in [0, 0.05) is 19.0 Å². The smallest absolute Gasteiger partial charge is 0.274 e. The van der Waals surface area contributed by atoms with Crippen LogP contribution < -0.4 is 0 Å². The molecule has 0 bridgehead atoms. The molecule has 1 amide bonds. The number of piperidine rings is 1. The Hall–Kier alpha value is -1.67. The molecule has 1 aliphatic heterocycles. The van der Waals surface area contributed by atoms with Gasteiger partial charge in [-0.15, -0.1) is 0 Å². The van der Waals surface area contributed by atoms with Gasteiger partial charge in [0.15, 0.2) is 0 Å². The fourth-order valence-electron chi connectivity index (χ4n) is 1.82. The summed E-state index contributed by atoms with van der Waals surface area (Å²) in [5.74, 6) is -0.110. The molecule has 0 atom stereocenters.